The van der Waals surface area contributed by atoms with E-state index in [2.05, 4.69) is 10.3 Å². The third-order valence-electron chi connectivity index (χ3n) is 6.18. The predicted molar refractivity (Wildman–Crippen MR) is 111 cm³/mol. The second kappa shape index (κ2) is 7.85. The number of methoxy groups -OCH3 is 1. The normalized spacial score (nSPS) is 24.0. The van der Waals surface area contributed by atoms with Gasteiger partial charge in [0, 0.05) is 30.0 Å². The quantitative estimate of drug-likeness (QED) is 0.863. The Morgan fingerprint density at radius 2 is 2.07 bits per heavy atom. The first-order chi connectivity index (χ1) is 14.0. The molecule has 1 N–H and O–H groups in total. The van der Waals surface area contributed by atoms with E-state index in [0.29, 0.717) is 18.7 Å². The molecule has 1 saturated carbocycles. The van der Waals surface area contributed by atoms with E-state index in [1.807, 2.05) is 48.2 Å². The van der Waals surface area contributed by atoms with E-state index < -0.39 is 0 Å². The minimum absolute atomic E-state index is 0.00669. The van der Waals surface area contributed by atoms with Crippen LogP contribution >= 0.6 is 0 Å². The Kier molecular flexibility index (Phi) is 5.26. The summed E-state index contributed by atoms with van der Waals surface area (Å²) in [5.41, 5.74) is 1.73. The maximum atomic E-state index is 13.4. The highest BCUT2D eigenvalue weighted by atomic mass is 16.5. The summed E-state index contributed by atoms with van der Waals surface area (Å²) in [6.45, 7) is 2.57. The first-order valence-corrected chi connectivity index (χ1v) is 10.2. The molecule has 2 aliphatic rings. The smallest absolute Gasteiger partial charge is 0.270 e. The Balaban J connectivity index is 1.47. The number of aromatic nitrogens is 1. The van der Waals surface area contributed by atoms with Crippen LogP contribution in [0, 0.1) is 12.3 Å². The molecule has 2 fully saturated rings. The summed E-state index contributed by atoms with van der Waals surface area (Å²) in [7, 11) is 1.63. The fraction of sp³-hybridized carbons (Fsp3) is 0.435. The summed E-state index contributed by atoms with van der Waals surface area (Å²) in [6, 6.07) is 13.1. The van der Waals surface area contributed by atoms with E-state index in [0.717, 1.165) is 42.8 Å². The zero-order chi connectivity index (χ0) is 20.4. The molecule has 1 aliphatic heterocycles. The van der Waals surface area contributed by atoms with Gasteiger partial charge >= 0.3 is 0 Å². The maximum absolute atomic E-state index is 13.4. The molecule has 1 aliphatic carbocycles. The molecule has 6 heteroatoms. The molecule has 2 atom stereocenters. The number of anilines is 1. The highest BCUT2D eigenvalue weighted by Crippen LogP contribution is 2.46. The summed E-state index contributed by atoms with van der Waals surface area (Å²) >= 11 is 0. The minimum Gasteiger partial charge on any atom is -0.497 e. The lowest BCUT2D eigenvalue weighted by molar-refractivity contribution is -0.127. The number of carbonyl (C=O) groups is 2. The number of hydrogen-bond acceptors (Lipinski definition) is 4. The number of amides is 2. The van der Waals surface area contributed by atoms with Crippen molar-refractivity contribution in [2.45, 2.75) is 45.1 Å². The van der Waals surface area contributed by atoms with Crippen LogP contribution in [0.5, 0.6) is 5.75 Å². The average Bonchev–Trinajstić information content (AvgIpc) is 3.03. The van der Waals surface area contributed by atoms with Crippen LogP contribution < -0.4 is 15.0 Å². The van der Waals surface area contributed by atoms with Gasteiger partial charge in [0.25, 0.3) is 5.91 Å². The highest BCUT2D eigenvalue weighted by Gasteiger charge is 2.49. The van der Waals surface area contributed by atoms with Crippen LogP contribution in [0.4, 0.5) is 5.69 Å². The largest absolute Gasteiger partial charge is 0.497 e. The molecule has 0 radical (unpaired) electrons. The van der Waals surface area contributed by atoms with E-state index in [-0.39, 0.29) is 23.3 Å². The van der Waals surface area contributed by atoms with Gasteiger partial charge in [-0.05, 0) is 56.9 Å². The maximum Gasteiger partial charge on any atom is 0.270 e. The van der Waals surface area contributed by atoms with Crippen molar-refractivity contribution >= 4 is 17.5 Å². The third kappa shape index (κ3) is 3.84. The molecule has 0 bridgehead atoms. The van der Waals surface area contributed by atoms with Crippen molar-refractivity contribution in [3.63, 3.8) is 0 Å². The Labute approximate surface area is 171 Å². The van der Waals surface area contributed by atoms with Gasteiger partial charge in [-0.25, -0.2) is 4.98 Å². The van der Waals surface area contributed by atoms with Gasteiger partial charge in [0.15, 0.2) is 0 Å². The van der Waals surface area contributed by atoms with Crippen LogP contribution in [0.2, 0.25) is 0 Å². The molecule has 6 nitrogen and oxygen atoms in total. The highest BCUT2D eigenvalue weighted by molar-refractivity contribution is 6.00. The van der Waals surface area contributed by atoms with Crippen molar-refractivity contribution in [1.82, 2.24) is 10.3 Å². The number of nitrogens with zero attached hydrogens (tertiary/aromatic N) is 2. The van der Waals surface area contributed by atoms with E-state index in [1.54, 1.807) is 13.2 Å². The summed E-state index contributed by atoms with van der Waals surface area (Å²) < 4.78 is 5.31. The second-order valence-corrected chi connectivity index (χ2v) is 8.12. The molecule has 1 aromatic carbocycles. The molecule has 2 heterocycles. The van der Waals surface area contributed by atoms with Gasteiger partial charge in [-0.15, -0.1) is 0 Å². The van der Waals surface area contributed by atoms with Gasteiger partial charge in [0.1, 0.15) is 11.4 Å². The van der Waals surface area contributed by atoms with Gasteiger partial charge in [0.2, 0.25) is 5.91 Å². The SMILES string of the molecule is COc1cccc(N2CC[C@]3(CCC[C@H](NC(=O)c4cccc(C)n4)C3)C2=O)c1. The number of pyridine rings is 1. The van der Waals surface area contributed by atoms with E-state index in [1.165, 1.54) is 0 Å². The van der Waals surface area contributed by atoms with Crippen LogP contribution in [-0.4, -0.2) is 36.5 Å². The number of benzene rings is 1. The van der Waals surface area contributed by atoms with E-state index >= 15 is 0 Å². The van der Waals surface area contributed by atoms with Gasteiger partial charge < -0.3 is 15.0 Å². The third-order valence-corrected chi connectivity index (χ3v) is 6.18. The number of nitrogens with one attached hydrogen (secondary N) is 1. The lowest BCUT2D eigenvalue weighted by Gasteiger charge is -2.36. The van der Waals surface area contributed by atoms with E-state index in [4.69, 9.17) is 4.74 Å². The Bertz CT molecular complexity index is 929. The van der Waals surface area contributed by atoms with Crippen LogP contribution in [0.25, 0.3) is 0 Å². The number of carbonyl (C=O) groups excluding carboxylic acids is 2. The van der Waals surface area contributed by atoms with Crippen molar-refractivity contribution < 1.29 is 14.3 Å². The molecule has 152 valence electrons. The molecule has 1 aromatic heterocycles. The molecule has 2 amide bonds. The van der Waals surface area contributed by atoms with Gasteiger partial charge in [-0.2, -0.15) is 0 Å². The summed E-state index contributed by atoms with van der Waals surface area (Å²) in [4.78, 5) is 32.2. The number of ether oxygens (including phenoxy) is 1. The van der Waals surface area contributed by atoms with Gasteiger partial charge in [-0.1, -0.05) is 18.6 Å². The first kappa shape index (κ1) is 19.4. The molecule has 1 spiro atoms. The molecular weight excluding hydrogens is 366 g/mol. The number of aryl methyl sites for hydroxylation is 1. The van der Waals surface area contributed by atoms with Gasteiger partial charge in [-0.3, -0.25) is 9.59 Å². The Morgan fingerprint density at radius 1 is 1.24 bits per heavy atom. The minimum atomic E-state index is -0.390. The molecule has 2 aromatic rings. The summed E-state index contributed by atoms with van der Waals surface area (Å²) in [5, 5.41) is 3.11. The Morgan fingerprint density at radius 3 is 2.86 bits per heavy atom. The van der Waals surface area contributed by atoms with E-state index in [9.17, 15) is 9.59 Å². The summed E-state index contributed by atoms with van der Waals surface area (Å²) in [5.74, 6) is 0.750. The molecule has 0 unspecified atom stereocenters. The van der Waals surface area contributed by atoms with Crippen molar-refractivity contribution in [3.05, 3.63) is 53.9 Å². The lowest BCUT2D eigenvalue weighted by atomic mass is 9.71. The van der Waals surface area contributed by atoms with Crippen LogP contribution in [0.15, 0.2) is 42.5 Å². The van der Waals surface area contributed by atoms with Crippen molar-refractivity contribution in [1.29, 1.82) is 0 Å². The first-order valence-electron chi connectivity index (χ1n) is 10.2. The average molecular weight is 393 g/mol. The molecule has 29 heavy (non-hydrogen) atoms. The fourth-order valence-electron chi connectivity index (χ4n) is 4.68. The summed E-state index contributed by atoms with van der Waals surface area (Å²) in [6.07, 6.45) is 4.21. The topological polar surface area (TPSA) is 71.5 Å². The molecular formula is C23H27N3O3. The lowest BCUT2D eigenvalue weighted by Crippen LogP contribution is -2.46. The second-order valence-electron chi connectivity index (χ2n) is 8.12. The zero-order valence-corrected chi connectivity index (χ0v) is 17.0. The number of hydrogen-bond donors (Lipinski definition) is 1. The number of rotatable bonds is 4. The molecule has 1 saturated heterocycles. The van der Waals surface area contributed by atoms with Crippen molar-refractivity contribution in [2.24, 2.45) is 5.41 Å². The zero-order valence-electron chi connectivity index (χ0n) is 17.0. The Hall–Kier alpha value is -2.89. The van der Waals surface area contributed by atoms with Crippen molar-refractivity contribution in [3.8, 4) is 5.75 Å². The van der Waals surface area contributed by atoms with Crippen LogP contribution in [0.1, 0.15) is 48.3 Å². The monoisotopic (exact) mass is 393 g/mol. The van der Waals surface area contributed by atoms with Crippen LogP contribution in [-0.2, 0) is 4.79 Å². The fourth-order valence-corrected chi connectivity index (χ4v) is 4.68. The predicted octanol–water partition coefficient (Wildman–Crippen LogP) is 3.49. The molecule has 4 rings (SSSR count). The van der Waals surface area contributed by atoms with Gasteiger partial charge in [0.05, 0.1) is 12.5 Å². The standard InChI is InChI=1S/C23H27N3O3/c1-16-6-3-10-20(24-16)21(27)25-17-7-5-11-23(15-17)12-13-26(22(23)28)18-8-4-9-19(14-18)29-2/h3-4,6,8-10,14,17H,5,7,11-13,15H2,1-2H3,(H,25,27)/t17-,23-/m0/s1. The van der Waals surface area contributed by atoms with Crippen molar-refractivity contribution in [2.75, 3.05) is 18.6 Å². The van der Waals surface area contributed by atoms with Crippen LogP contribution in [0.3, 0.4) is 0 Å².